The Hall–Kier alpha value is -1.14. The van der Waals surface area contributed by atoms with E-state index in [1.54, 1.807) is 10.4 Å². The van der Waals surface area contributed by atoms with Crippen molar-refractivity contribution in [3.8, 4) is 0 Å². The zero-order valence-electron chi connectivity index (χ0n) is 8.90. The number of nitrogens with one attached hydrogen (secondary N) is 1. The highest BCUT2D eigenvalue weighted by Crippen LogP contribution is 2.02. The van der Waals surface area contributed by atoms with Crippen LogP contribution in [0.4, 0.5) is 0 Å². The summed E-state index contributed by atoms with van der Waals surface area (Å²) < 4.78 is 0. The molecule has 1 rings (SSSR count). The van der Waals surface area contributed by atoms with Crippen molar-refractivity contribution < 1.29 is 14.8 Å². The van der Waals surface area contributed by atoms with E-state index in [0.717, 1.165) is 0 Å². The highest BCUT2D eigenvalue weighted by molar-refractivity contribution is 5.77. The van der Waals surface area contributed by atoms with Crippen molar-refractivity contribution in [2.75, 3.05) is 32.7 Å². The van der Waals surface area contributed by atoms with Gasteiger partial charge in [-0.05, 0) is 0 Å². The van der Waals surface area contributed by atoms with Crippen LogP contribution in [0.5, 0.6) is 0 Å². The summed E-state index contributed by atoms with van der Waals surface area (Å²) in [5, 5.41) is 8.35. The monoisotopic (exact) mass is 215 g/mol. The molecule has 1 aliphatic heterocycles. The van der Waals surface area contributed by atoms with Crippen molar-refractivity contribution in [3.05, 3.63) is 0 Å². The molecule has 0 radical (unpaired) electrons. The Bertz CT molecular complexity index is 237. The van der Waals surface area contributed by atoms with E-state index in [1.165, 1.54) is 0 Å². The van der Waals surface area contributed by atoms with Crippen LogP contribution in [0.1, 0.15) is 13.3 Å². The predicted molar refractivity (Wildman–Crippen MR) is 53.2 cm³/mol. The van der Waals surface area contributed by atoms with Crippen LogP contribution in [-0.2, 0) is 9.59 Å². The predicted octanol–water partition coefficient (Wildman–Crippen LogP) is -0.954. The van der Waals surface area contributed by atoms with E-state index < -0.39 is 5.91 Å². The first-order valence-electron chi connectivity index (χ1n) is 5.10. The molecule has 0 spiro atoms. The van der Waals surface area contributed by atoms with Gasteiger partial charge in [0.15, 0.2) is 0 Å². The molecule has 0 aliphatic carbocycles. The lowest BCUT2D eigenvalue weighted by atomic mass is 10.3. The Morgan fingerprint density at radius 1 is 1.27 bits per heavy atom. The highest BCUT2D eigenvalue weighted by Gasteiger charge is 2.20. The molecule has 2 amide bonds. The van der Waals surface area contributed by atoms with Crippen molar-refractivity contribution in [2.24, 2.45) is 0 Å². The molecule has 1 aliphatic rings. The van der Waals surface area contributed by atoms with Gasteiger partial charge < -0.3 is 4.90 Å². The van der Waals surface area contributed by atoms with Gasteiger partial charge in [0.05, 0.1) is 6.54 Å². The summed E-state index contributed by atoms with van der Waals surface area (Å²) in [6.07, 6.45) is 0.525. The minimum Gasteiger partial charge on any atom is -0.340 e. The second kappa shape index (κ2) is 5.67. The van der Waals surface area contributed by atoms with Crippen LogP contribution in [0.25, 0.3) is 0 Å². The lowest BCUT2D eigenvalue weighted by Gasteiger charge is -2.33. The average Bonchev–Trinajstić information content (AvgIpc) is 2.29. The summed E-state index contributed by atoms with van der Waals surface area (Å²) in [6, 6.07) is 0. The number of carbonyl (C=O) groups is 2. The molecule has 1 heterocycles. The summed E-state index contributed by atoms with van der Waals surface area (Å²) in [7, 11) is 0. The number of carbonyl (C=O) groups excluding carboxylic acids is 2. The Labute approximate surface area is 88.8 Å². The summed E-state index contributed by atoms with van der Waals surface area (Å²) in [5.74, 6) is -0.258. The number of hydrogen-bond donors (Lipinski definition) is 2. The van der Waals surface area contributed by atoms with Gasteiger partial charge in [0, 0.05) is 32.6 Å². The van der Waals surface area contributed by atoms with Gasteiger partial charge in [-0.15, -0.1) is 0 Å². The van der Waals surface area contributed by atoms with Gasteiger partial charge in [-0.1, -0.05) is 6.92 Å². The molecular weight excluding hydrogens is 198 g/mol. The van der Waals surface area contributed by atoms with E-state index in [4.69, 9.17) is 5.21 Å². The Kier molecular flexibility index (Phi) is 4.51. The van der Waals surface area contributed by atoms with Crippen molar-refractivity contribution >= 4 is 11.8 Å². The van der Waals surface area contributed by atoms with Crippen LogP contribution in [0.2, 0.25) is 0 Å². The van der Waals surface area contributed by atoms with Gasteiger partial charge in [-0.2, -0.15) is 0 Å². The number of hydrogen-bond acceptors (Lipinski definition) is 4. The van der Waals surface area contributed by atoms with E-state index in [0.29, 0.717) is 32.6 Å². The lowest BCUT2D eigenvalue weighted by molar-refractivity contribution is -0.134. The van der Waals surface area contributed by atoms with Gasteiger partial charge in [0.2, 0.25) is 5.91 Å². The zero-order valence-corrected chi connectivity index (χ0v) is 8.90. The van der Waals surface area contributed by atoms with Crippen molar-refractivity contribution in [1.82, 2.24) is 15.3 Å². The first kappa shape index (κ1) is 11.9. The molecule has 1 saturated heterocycles. The summed E-state index contributed by atoms with van der Waals surface area (Å²) in [5.41, 5.74) is 1.60. The standard InChI is InChI=1S/C9H17N3O3/c1-2-9(14)12-5-3-11(4-6-12)7-8(13)10-15/h15H,2-7H2,1H3,(H,10,13). The highest BCUT2D eigenvalue weighted by atomic mass is 16.5. The largest absolute Gasteiger partial charge is 0.340 e. The van der Waals surface area contributed by atoms with E-state index in [9.17, 15) is 9.59 Å². The third kappa shape index (κ3) is 3.49. The molecule has 6 nitrogen and oxygen atoms in total. The minimum absolute atomic E-state index is 0.154. The van der Waals surface area contributed by atoms with Gasteiger partial charge in [-0.25, -0.2) is 5.48 Å². The number of nitrogens with zero attached hydrogens (tertiary/aromatic N) is 2. The fraction of sp³-hybridized carbons (Fsp3) is 0.778. The van der Waals surface area contributed by atoms with Crippen LogP contribution >= 0.6 is 0 Å². The Morgan fingerprint density at radius 2 is 1.87 bits per heavy atom. The fourth-order valence-electron chi connectivity index (χ4n) is 1.62. The van der Waals surface area contributed by atoms with Gasteiger partial charge in [0.1, 0.15) is 0 Å². The lowest BCUT2D eigenvalue weighted by Crippen LogP contribution is -2.50. The molecule has 0 saturated carbocycles. The van der Waals surface area contributed by atoms with E-state index in [-0.39, 0.29) is 12.5 Å². The summed E-state index contributed by atoms with van der Waals surface area (Å²) in [4.78, 5) is 25.9. The van der Waals surface area contributed by atoms with Crippen molar-refractivity contribution in [3.63, 3.8) is 0 Å². The smallest absolute Gasteiger partial charge is 0.257 e. The van der Waals surface area contributed by atoms with Gasteiger partial charge in [0.25, 0.3) is 5.91 Å². The third-order valence-electron chi connectivity index (χ3n) is 2.52. The van der Waals surface area contributed by atoms with Crippen LogP contribution in [0.3, 0.4) is 0 Å². The van der Waals surface area contributed by atoms with Crippen molar-refractivity contribution in [1.29, 1.82) is 0 Å². The van der Waals surface area contributed by atoms with Crippen molar-refractivity contribution in [2.45, 2.75) is 13.3 Å². The Morgan fingerprint density at radius 3 is 2.33 bits per heavy atom. The first-order valence-corrected chi connectivity index (χ1v) is 5.10. The molecule has 0 bridgehead atoms. The van der Waals surface area contributed by atoms with Crippen LogP contribution in [-0.4, -0.2) is 59.5 Å². The summed E-state index contributed by atoms with van der Waals surface area (Å²) >= 11 is 0. The molecule has 86 valence electrons. The quantitative estimate of drug-likeness (QED) is 0.470. The fourth-order valence-corrected chi connectivity index (χ4v) is 1.62. The number of piperazine rings is 1. The molecule has 0 atom stereocenters. The van der Waals surface area contributed by atoms with Gasteiger partial charge in [-0.3, -0.25) is 19.7 Å². The normalized spacial score (nSPS) is 17.6. The minimum atomic E-state index is -0.412. The second-order valence-corrected chi connectivity index (χ2v) is 3.55. The summed E-state index contributed by atoms with van der Waals surface area (Å²) in [6.45, 7) is 4.70. The molecule has 6 heteroatoms. The van der Waals surface area contributed by atoms with Gasteiger partial charge >= 0.3 is 0 Å². The maximum absolute atomic E-state index is 11.3. The second-order valence-electron chi connectivity index (χ2n) is 3.55. The van der Waals surface area contributed by atoms with E-state index in [2.05, 4.69) is 0 Å². The number of rotatable bonds is 3. The molecular formula is C9H17N3O3. The molecule has 0 aromatic rings. The van der Waals surface area contributed by atoms with E-state index >= 15 is 0 Å². The molecule has 1 fully saturated rings. The molecule has 0 aromatic heterocycles. The maximum Gasteiger partial charge on any atom is 0.257 e. The SMILES string of the molecule is CCC(=O)N1CCN(CC(=O)NO)CC1. The number of hydroxylamine groups is 1. The molecule has 15 heavy (non-hydrogen) atoms. The van der Waals surface area contributed by atoms with Crippen LogP contribution in [0.15, 0.2) is 0 Å². The average molecular weight is 215 g/mol. The van der Waals surface area contributed by atoms with Crippen LogP contribution in [0, 0.1) is 0 Å². The molecule has 2 N–H and O–H groups in total. The first-order chi connectivity index (χ1) is 7.17. The Balaban J connectivity index is 2.29. The van der Waals surface area contributed by atoms with Crippen LogP contribution < -0.4 is 5.48 Å². The third-order valence-corrected chi connectivity index (χ3v) is 2.52. The molecule has 0 aromatic carbocycles. The maximum atomic E-state index is 11.3. The number of amides is 2. The zero-order chi connectivity index (χ0) is 11.3. The topological polar surface area (TPSA) is 72.9 Å². The molecule has 0 unspecified atom stereocenters. The van der Waals surface area contributed by atoms with E-state index in [1.807, 2.05) is 11.8 Å².